The number of rotatable bonds is 4. The number of nitrogens with one attached hydrogen (secondary N) is 1. The summed E-state index contributed by atoms with van der Waals surface area (Å²) in [5.74, 6) is 0.682. The summed E-state index contributed by atoms with van der Waals surface area (Å²) in [6.45, 7) is 11.7. The van der Waals surface area contributed by atoms with Gasteiger partial charge in [-0.15, -0.1) is 5.10 Å². The lowest BCUT2D eigenvalue weighted by Gasteiger charge is -2.00. The van der Waals surface area contributed by atoms with Crippen molar-refractivity contribution in [2.75, 3.05) is 0 Å². The summed E-state index contributed by atoms with van der Waals surface area (Å²) in [6.07, 6.45) is 3.74. The van der Waals surface area contributed by atoms with Crippen molar-refractivity contribution in [3.63, 3.8) is 0 Å². The zero-order chi connectivity index (χ0) is 15.4. The third-order valence-corrected chi connectivity index (χ3v) is 3.16. The van der Waals surface area contributed by atoms with Crippen molar-refractivity contribution in [2.45, 2.75) is 27.7 Å². The van der Waals surface area contributed by atoms with Gasteiger partial charge in [0.15, 0.2) is 5.82 Å². The molecule has 1 aromatic heterocycles. The number of para-hydroxylation sites is 1. The molecule has 2 rings (SSSR count). The zero-order valence-electron chi connectivity index (χ0n) is 12.9. The molecule has 1 heterocycles. The Balaban J connectivity index is 2.60. The maximum absolute atomic E-state index is 4.66. The first-order valence-corrected chi connectivity index (χ1v) is 6.90. The van der Waals surface area contributed by atoms with Crippen LogP contribution in [0.25, 0.3) is 16.6 Å². The molecule has 0 aliphatic carbocycles. The Morgan fingerprint density at radius 2 is 2.00 bits per heavy atom. The molecule has 0 atom stereocenters. The smallest absolute Gasteiger partial charge is 0.159 e. The van der Waals surface area contributed by atoms with E-state index in [-0.39, 0.29) is 0 Å². The number of allylic oxidation sites excluding steroid dienone is 3. The number of fused-ring (bicyclic) bond motifs is 1. The Hall–Kier alpha value is -2.49. The van der Waals surface area contributed by atoms with E-state index >= 15 is 0 Å². The minimum Gasteiger partial charge on any atom is -0.337 e. The van der Waals surface area contributed by atoms with Gasteiger partial charge in [0.25, 0.3) is 0 Å². The molecule has 108 valence electrons. The number of hydrogen-bond acceptors (Lipinski definition) is 3. The first kappa shape index (κ1) is 14.9. The molecule has 0 spiro atoms. The second-order valence-corrected chi connectivity index (χ2v) is 5.00. The summed E-state index contributed by atoms with van der Waals surface area (Å²) < 4.78 is 0. The Morgan fingerprint density at radius 3 is 2.62 bits per heavy atom. The first-order valence-electron chi connectivity index (χ1n) is 6.90. The van der Waals surface area contributed by atoms with Crippen molar-refractivity contribution in [3.05, 3.63) is 48.3 Å². The summed E-state index contributed by atoms with van der Waals surface area (Å²) >= 11 is 0. The number of imidazole rings is 1. The third-order valence-electron chi connectivity index (χ3n) is 3.16. The third kappa shape index (κ3) is 3.16. The van der Waals surface area contributed by atoms with E-state index in [0.717, 1.165) is 22.3 Å². The number of nitrogens with zero attached hydrogens (tertiary/aromatic N) is 3. The van der Waals surface area contributed by atoms with Gasteiger partial charge in [0.05, 0.1) is 11.0 Å². The molecule has 1 N–H and O–H groups in total. The van der Waals surface area contributed by atoms with Gasteiger partial charge in [-0.3, -0.25) is 0 Å². The molecule has 0 amide bonds. The number of aromatic amines is 1. The van der Waals surface area contributed by atoms with Crippen LogP contribution in [0, 0.1) is 0 Å². The van der Waals surface area contributed by atoms with Gasteiger partial charge in [0.1, 0.15) is 5.71 Å². The van der Waals surface area contributed by atoms with Crippen molar-refractivity contribution >= 4 is 28.0 Å². The van der Waals surface area contributed by atoms with Gasteiger partial charge >= 0.3 is 0 Å². The fourth-order valence-corrected chi connectivity index (χ4v) is 1.97. The van der Waals surface area contributed by atoms with Gasteiger partial charge in [-0.25, -0.2) is 4.98 Å². The number of aromatic nitrogens is 2. The van der Waals surface area contributed by atoms with E-state index in [1.807, 2.05) is 32.9 Å². The highest BCUT2D eigenvalue weighted by Crippen LogP contribution is 2.23. The maximum Gasteiger partial charge on any atom is 0.159 e. The number of H-pyrrole nitrogens is 1. The minimum atomic E-state index is 0.636. The molecule has 0 aliphatic rings. The van der Waals surface area contributed by atoms with E-state index in [1.165, 1.54) is 5.57 Å². The van der Waals surface area contributed by atoms with Gasteiger partial charge in [-0.1, -0.05) is 24.8 Å². The molecule has 0 fully saturated rings. The van der Waals surface area contributed by atoms with Crippen LogP contribution in [-0.2, 0) is 0 Å². The lowest BCUT2D eigenvalue weighted by molar-refractivity contribution is 1.19. The van der Waals surface area contributed by atoms with E-state index < -0.39 is 0 Å². The second kappa shape index (κ2) is 6.31. The molecule has 4 nitrogen and oxygen atoms in total. The summed E-state index contributed by atoms with van der Waals surface area (Å²) in [7, 11) is 0. The van der Waals surface area contributed by atoms with Crippen LogP contribution in [0.15, 0.2) is 47.1 Å². The Morgan fingerprint density at radius 1 is 1.24 bits per heavy atom. The van der Waals surface area contributed by atoms with Crippen LogP contribution < -0.4 is 0 Å². The van der Waals surface area contributed by atoms with Crippen molar-refractivity contribution in [3.8, 4) is 0 Å². The molecule has 0 unspecified atom stereocenters. The SMILES string of the molecule is C=C/C(=N/N=C(C)C)c1nc2c(C(C)=CC)cccc2[nH]1. The lowest BCUT2D eigenvalue weighted by atomic mass is 10.1. The van der Waals surface area contributed by atoms with E-state index in [0.29, 0.717) is 11.5 Å². The van der Waals surface area contributed by atoms with Gasteiger partial charge in [0.2, 0.25) is 0 Å². The van der Waals surface area contributed by atoms with Crippen LogP contribution in [0.5, 0.6) is 0 Å². The predicted octanol–water partition coefficient (Wildman–Crippen LogP) is 4.36. The molecule has 21 heavy (non-hydrogen) atoms. The normalized spacial score (nSPS) is 12.6. The zero-order valence-corrected chi connectivity index (χ0v) is 12.9. The maximum atomic E-state index is 4.66. The Bertz CT molecular complexity index is 756. The van der Waals surface area contributed by atoms with Crippen LogP contribution in [0.1, 0.15) is 39.1 Å². The standard InChI is InChI=1S/C17H20N4/c1-6-12(5)13-9-8-10-15-16(13)19-17(18-15)14(7-2)21-20-11(3)4/h6-10H,2H2,1,3-5H3,(H,18,19)/b12-6?,21-14-. The highest BCUT2D eigenvalue weighted by molar-refractivity contribution is 6.08. The monoisotopic (exact) mass is 280 g/mol. The largest absolute Gasteiger partial charge is 0.337 e. The molecule has 0 saturated carbocycles. The van der Waals surface area contributed by atoms with Crippen molar-refractivity contribution in [1.29, 1.82) is 0 Å². The number of benzene rings is 1. The number of hydrogen-bond donors (Lipinski definition) is 1. The van der Waals surface area contributed by atoms with E-state index in [4.69, 9.17) is 0 Å². The fourth-order valence-electron chi connectivity index (χ4n) is 1.97. The van der Waals surface area contributed by atoms with E-state index in [1.54, 1.807) is 6.08 Å². The van der Waals surface area contributed by atoms with Crippen molar-refractivity contribution in [2.24, 2.45) is 10.2 Å². The van der Waals surface area contributed by atoms with Gasteiger partial charge < -0.3 is 4.98 Å². The summed E-state index contributed by atoms with van der Waals surface area (Å²) in [6, 6.07) is 6.10. The first-order chi connectivity index (χ1) is 10.1. The highest BCUT2D eigenvalue weighted by atomic mass is 15.2. The molecule has 1 aromatic carbocycles. The van der Waals surface area contributed by atoms with Crippen LogP contribution in [0.4, 0.5) is 0 Å². The summed E-state index contributed by atoms with van der Waals surface area (Å²) in [5.41, 5.74) is 5.76. The predicted molar refractivity (Wildman–Crippen MR) is 90.9 cm³/mol. The molecule has 0 radical (unpaired) electrons. The Labute approximate surface area is 125 Å². The van der Waals surface area contributed by atoms with Crippen LogP contribution in [-0.4, -0.2) is 21.4 Å². The Kier molecular flexibility index (Phi) is 4.48. The lowest BCUT2D eigenvalue weighted by Crippen LogP contribution is -1.98. The summed E-state index contributed by atoms with van der Waals surface area (Å²) in [4.78, 5) is 7.94. The average molecular weight is 280 g/mol. The topological polar surface area (TPSA) is 53.4 Å². The van der Waals surface area contributed by atoms with Crippen molar-refractivity contribution in [1.82, 2.24) is 9.97 Å². The van der Waals surface area contributed by atoms with Crippen LogP contribution >= 0.6 is 0 Å². The molecular weight excluding hydrogens is 260 g/mol. The van der Waals surface area contributed by atoms with Crippen LogP contribution in [0.3, 0.4) is 0 Å². The highest BCUT2D eigenvalue weighted by Gasteiger charge is 2.10. The molecule has 0 saturated heterocycles. The fraction of sp³-hybridized carbons (Fsp3) is 0.235. The molecule has 0 aliphatic heterocycles. The van der Waals surface area contributed by atoms with Gasteiger partial charge in [0, 0.05) is 11.3 Å². The van der Waals surface area contributed by atoms with E-state index in [9.17, 15) is 0 Å². The summed E-state index contributed by atoms with van der Waals surface area (Å²) in [5, 5.41) is 8.26. The van der Waals surface area contributed by atoms with Crippen molar-refractivity contribution < 1.29 is 0 Å². The molecule has 4 heteroatoms. The second-order valence-electron chi connectivity index (χ2n) is 5.00. The van der Waals surface area contributed by atoms with E-state index in [2.05, 4.69) is 45.8 Å². The average Bonchev–Trinajstić information content (AvgIpc) is 2.90. The van der Waals surface area contributed by atoms with Gasteiger partial charge in [-0.05, 0) is 45.4 Å². The molecule has 0 bridgehead atoms. The molecular formula is C17H20N4. The van der Waals surface area contributed by atoms with Gasteiger partial charge in [-0.2, -0.15) is 5.10 Å². The quantitative estimate of drug-likeness (QED) is 0.656. The minimum absolute atomic E-state index is 0.636. The molecule has 2 aromatic rings. The van der Waals surface area contributed by atoms with Crippen LogP contribution in [0.2, 0.25) is 0 Å².